The molecule has 1 aromatic heterocycles. The Kier molecular flexibility index (Phi) is 3.89. The molecule has 0 saturated heterocycles. The molecule has 6 heteroatoms. The van der Waals surface area contributed by atoms with Crippen LogP contribution in [-0.4, -0.2) is 55.1 Å². The van der Waals surface area contributed by atoms with Gasteiger partial charge in [0.25, 0.3) is 0 Å². The average Bonchev–Trinajstić information content (AvgIpc) is 2.33. The molecule has 0 radical (unpaired) electrons. The smallest absolute Gasteiger partial charge is 0.224 e. The maximum absolute atomic E-state index is 13.8. The lowest BCUT2D eigenvalue weighted by molar-refractivity contribution is 0.0680. The standard InChI is InChI=1S/C13H22FN5/c1-15-12-16-8-10(14)11(17-12)19(4)9-13(18(2)3)6-5-7-13/h8H,5-7,9H2,1-4H3,(H,15,16,17). The molecule has 0 bridgehead atoms. The Morgan fingerprint density at radius 2 is 2.05 bits per heavy atom. The molecule has 106 valence electrons. The van der Waals surface area contributed by atoms with Crippen molar-refractivity contribution in [3.05, 3.63) is 12.0 Å². The quantitative estimate of drug-likeness (QED) is 0.877. The summed E-state index contributed by atoms with van der Waals surface area (Å²) in [6.07, 6.45) is 4.75. The minimum atomic E-state index is -0.380. The second-order valence-electron chi connectivity index (χ2n) is 5.44. The van der Waals surface area contributed by atoms with Gasteiger partial charge in [-0.05, 0) is 33.4 Å². The third kappa shape index (κ3) is 2.63. The highest BCUT2D eigenvalue weighted by Crippen LogP contribution is 2.37. The van der Waals surface area contributed by atoms with E-state index in [9.17, 15) is 4.39 Å². The van der Waals surface area contributed by atoms with Crippen LogP contribution in [0.3, 0.4) is 0 Å². The van der Waals surface area contributed by atoms with Crippen LogP contribution in [0.15, 0.2) is 6.20 Å². The van der Waals surface area contributed by atoms with Gasteiger partial charge in [0.15, 0.2) is 11.6 Å². The first-order valence-corrected chi connectivity index (χ1v) is 6.57. The van der Waals surface area contributed by atoms with Gasteiger partial charge >= 0.3 is 0 Å². The molecule has 0 aliphatic heterocycles. The summed E-state index contributed by atoms with van der Waals surface area (Å²) in [5, 5.41) is 2.84. The summed E-state index contributed by atoms with van der Waals surface area (Å²) in [6, 6.07) is 0. The summed E-state index contributed by atoms with van der Waals surface area (Å²) < 4.78 is 13.8. The molecule has 5 nitrogen and oxygen atoms in total. The molecular formula is C13H22FN5. The van der Waals surface area contributed by atoms with Crippen molar-refractivity contribution in [1.29, 1.82) is 0 Å². The van der Waals surface area contributed by atoms with Crippen molar-refractivity contribution < 1.29 is 4.39 Å². The van der Waals surface area contributed by atoms with Gasteiger partial charge in [0.2, 0.25) is 5.95 Å². The second kappa shape index (κ2) is 5.28. The largest absolute Gasteiger partial charge is 0.357 e. The van der Waals surface area contributed by atoms with Crippen molar-refractivity contribution in [2.45, 2.75) is 24.8 Å². The third-order valence-corrected chi connectivity index (χ3v) is 4.08. The number of aromatic nitrogens is 2. The van der Waals surface area contributed by atoms with Crippen LogP contribution in [0.4, 0.5) is 16.2 Å². The molecule has 19 heavy (non-hydrogen) atoms. The Hall–Kier alpha value is -1.43. The lowest BCUT2D eigenvalue weighted by atomic mass is 9.75. The van der Waals surface area contributed by atoms with Gasteiger partial charge in [-0.1, -0.05) is 0 Å². The Morgan fingerprint density at radius 3 is 2.53 bits per heavy atom. The van der Waals surface area contributed by atoms with Crippen LogP contribution < -0.4 is 10.2 Å². The number of likely N-dealkylation sites (N-methyl/N-ethyl adjacent to an activating group) is 2. The van der Waals surface area contributed by atoms with Crippen molar-refractivity contribution in [3.63, 3.8) is 0 Å². The summed E-state index contributed by atoms with van der Waals surface area (Å²) in [7, 11) is 7.78. The van der Waals surface area contributed by atoms with Gasteiger partial charge in [-0.15, -0.1) is 0 Å². The topological polar surface area (TPSA) is 44.3 Å². The Balaban J connectivity index is 2.17. The van der Waals surface area contributed by atoms with Crippen molar-refractivity contribution in [2.75, 3.05) is 45.0 Å². The van der Waals surface area contributed by atoms with Gasteiger partial charge in [0, 0.05) is 26.2 Å². The maximum Gasteiger partial charge on any atom is 0.224 e. The number of halogens is 1. The fraction of sp³-hybridized carbons (Fsp3) is 0.692. The Morgan fingerprint density at radius 1 is 1.37 bits per heavy atom. The molecule has 0 unspecified atom stereocenters. The van der Waals surface area contributed by atoms with E-state index < -0.39 is 0 Å². The van der Waals surface area contributed by atoms with Crippen molar-refractivity contribution in [2.24, 2.45) is 0 Å². The molecule has 1 saturated carbocycles. The average molecular weight is 267 g/mol. The molecule has 0 atom stereocenters. The van der Waals surface area contributed by atoms with E-state index in [0.717, 1.165) is 19.4 Å². The van der Waals surface area contributed by atoms with E-state index in [1.54, 1.807) is 7.05 Å². The maximum atomic E-state index is 13.8. The predicted molar refractivity (Wildman–Crippen MR) is 75.1 cm³/mol. The van der Waals surface area contributed by atoms with E-state index in [0.29, 0.717) is 11.8 Å². The fourth-order valence-corrected chi connectivity index (χ4v) is 2.59. The second-order valence-corrected chi connectivity index (χ2v) is 5.44. The zero-order valence-corrected chi connectivity index (χ0v) is 12.1. The summed E-state index contributed by atoms with van der Waals surface area (Å²) in [5.74, 6) is 0.415. The van der Waals surface area contributed by atoms with Crippen LogP contribution in [0.2, 0.25) is 0 Å². The minimum Gasteiger partial charge on any atom is -0.357 e. The number of nitrogens with one attached hydrogen (secondary N) is 1. The van der Waals surface area contributed by atoms with Crippen molar-refractivity contribution in [1.82, 2.24) is 14.9 Å². The first kappa shape index (κ1) is 14.0. The normalized spacial score (nSPS) is 17.2. The highest BCUT2D eigenvalue weighted by Gasteiger charge is 2.40. The highest BCUT2D eigenvalue weighted by atomic mass is 19.1. The van der Waals surface area contributed by atoms with Gasteiger partial charge in [0.05, 0.1) is 6.20 Å². The molecular weight excluding hydrogens is 245 g/mol. The number of hydrogen-bond acceptors (Lipinski definition) is 5. The predicted octanol–water partition coefficient (Wildman–Crippen LogP) is 1.58. The van der Waals surface area contributed by atoms with Crippen LogP contribution in [0, 0.1) is 5.82 Å². The van der Waals surface area contributed by atoms with Crippen LogP contribution in [0.1, 0.15) is 19.3 Å². The van der Waals surface area contributed by atoms with Crippen molar-refractivity contribution >= 4 is 11.8 Å². The number of nitrogens with zero attached hydrogens (tertiary/aromatic N) is 4. The Labute approximate surface area is 113 Å². The molecule has 0 amide bonds. The molecule has 1 aromatic rings. The zero-order chi connectivity index (χ0) is 14.0. The van der Waals surface area contributed by atoms with E-state index in [-0.39, 0.29) is 11.4 Å². The monoisotopic (exact) mass is 267 g/mol. The van der Waals surface area contributed by atoms with E-state index in [2.05, 4.69) is 34.3 Å². The highest BCUT2D eigenvalue weighted by molar-refractivity contribution is 5.43. The van der Waals surface area contributed by atoms with Crippen molar-refractivity contribution in [3.8, 4) is 0 Å². The molecule has 1 aliphatic rings. The first-order chi connectivity index (χ1) is 8.98. The third-order valence-electron chi connectivity index (χ3n) is 4.08. The van der Waals surface area contributed by atoms with Crippen LogP contribution in [-0.2, 0) is 0 Å². The minimum absolute atomic E-state index is 0.145. The van der Waals surface area contributed by atoms with E-state index in [1.807, 2.05) is 11.9 Å². The molecule has 1 fully saturated rings. The van der Waals surface area contributed by atoms with E-state index in [4.69, 9.17) is 0 Å². The van der Waals surface area contributed by atoms with Gasteiger partial charge in [-0.3, -0.25) is 0 Å². The molecule has 0 aromatic carbocycles. The lowest BCUT2D eigenvalue weighted by Gasteiger charge is -2.49. The SMILES string of the molecule is CNc1ncc(F)c(N(C)CC2(N(C)C)CCC2)n1. The number of hydrogen-bond donors (Lipinski definition) is 1. The number of anilines is 2. The number of rotatable bonds is 5. The first-order valence-electron chi connectivity index (χ1n) is 6.57. The summed E-state index contributed by atoms with van der Waals surface area (Å²) in [5.41, 5.74) is 0.145. The summed E-state index contributed by atoms with van der Waals surface area (Å²) in [4.78, 5) is 12.2. The van der Waals surface area contributed by atoms with Gasteiger partial charge in [-0.2, -0.15) is 4.98 Å². The molecule has 1 aliphatic carbocycles. The van der Waals surface area contributed by atoms with E-state index >= 15 is 0 Å². The fourth-order valence-electron chi connectivity index (χ4n) is 2.59. The summed E-state index contributed by atoms with van der Waals surface area (Å²) in [6.45, 7) is 0.775. The molecule has 1 N–H and O–H groups in total. The van der Waals surface area contributed by atoms with E-state index in [1.165, 1.54) is 12.6 Å². The van der Waals surface area contributed by atoms with Crippen LogP contribution in [0.5, 0.6) is 0 Å². The van der Waals surface area contributed by atoms with Gasteiger partial charge in [-0.25, -0.2) is 9.37 Å². The molecule has 1 heterocycles. The lowest BCUT2D eigenvalue weighted by Crippen LogP contribution is -2.57. The van der Waals surface area contributed by atoms with Gasteiger partial charge in [0.1, 0.15) is 0 Å². The summed E-state index contributed by atoms with van der Waals surface area (Å²) >= 11 is 0. The zero-order valence-electron chi connectivity index (χ0n) is 12.1. The molecule has 0 spiro atoms. The Bertz CT molecular complexity index is 445. The van der Waals surface area contributed by atoms with Gasteiger partial charge < -0.3 is 15.1 Å². The van der Waals surface area contributed by atoms with Crippen LogP contribution in [0.25, 0.3) is 0 Å². The molecule has 2 rings (SSSR count). The van der Waals surface area contributed by atoms with Crippen LogP contribution >= 0.6 is 0 Å².